The lowest BCUT2D eigenvalue weighted by Crippen LogP contribution is -2.11. The summed E-state index contributed by atoms with van der Waals surface area (Å²) in [6.45, 7) is 1.23. The van der Waals surface area contributed by atoms with E-state index in [1.54, 1.807) is 24.4 Å². The molecule has 2 heterocycles. The van der Waals surface area contributed by atoms with Gasteiger partial charge in [-0.25, -0.2) is 18.3 Å². The minimum Gasteiger partial charge on any atom is -0.461 e. The van der Waals surface area contributed by atoms with Gasteiger partial charge in [-0.15, -0.1) is 16.4 Å². The summed E-state index contributed by atoms with van der Waals surface area (Å²) in [5.74, 6) is -0.661. The highest BCUT2D eigenvalue weighted by molar-refractivity contribution is 7.13. The quantitative estimate of drug-likeness (QED) is 0.793. The predicted octanol–water partition coefficient (Wildman–Crippen LogP) is 2.45. The average Bonchev–Trinajstić information content (AvgIpc) is 2.96. The number of ether oxygens (including phenoxy) is 1. The van der Waals surface area contributed by atoms with Gasteiger partial charge in [0.1, 0.15) is 12.2 Å². The summed E-state index contributed by atoms with van der Waals surface area (Å²) < 4.78 is 30.9. The van der Waals surface area contributed by atoms with Crippen molar-refractivity contribution in [1.29, 1.82) is 0 Å². The molecule has 0 aromatic carbocycles. The number of rotatable bonds is 5. The molecule has 102 valence electrons. The molecule has 0 atom stereocenters. The summed E-state index contributed by atoms with van der Waals surface area (Å²) in [6, 6.07) is 3.47. The Bertz CT molecular complexity index is 554. The van der Waals surface area contributed by atoms with Crippen LogP contribution in [0.25, 0.3) is 10.6 Å². The SMILES string of the molecule is CCOC(=O)c1nnn(CC(F)F)c1-c1cccs1. The predicted molar refractivity (Wildman–Crippen MR) is 65.3 cm³/mol. The Labute approximate surface area is 111 Å². The highest BCUT2D eigenvalue weighted by Gasteiger charge is 2.24. The molecule has 0 aliphatic carbocycles. The molecular weight excluding hydrogens is 276 g/mol. The standard InChI is InChI=1S/C11H11F2N3O2S/c1-2-18-11(17)9-10(7-4-3-5-19-7)16(15-14-9)6-8(12)13/h3-5,8H,2,6H2,1H3. The lowest BCUT2D eigenvalue weighted by Gasteiger charge is -2.05. The van der Waals surface area contributed by atoms with Crippen LogP contribution in [0.1, 0.15) is 17.4 Å². The van der Waals surface area contributed by atoms with Gasteiger partial charge in [-0.2, -0.15) is 0 Å². The first kappa shape index (κ1) is 13.6. The minimum absolute atomic E-state index is 0.0371. The van der Waals surface area contributed by atoms with Crippen molar-refractivity contribution >= 4 is 17.3 Å². The summed E-state index contributed by atoms with van der Waals surface area (Å²) >= 11 is 1.32. The van der Waals surface area contributed by atoms with E-state index in [-0.39, 0.29) is 18.0 Å². The van der Waals surface area contributed by atoms with E-state index in [4.69, 9.17) is 4.74 Å². The number of aromatic nitrogens is 3. The van der Waals surface area contributed by atoms with Gasteiger partial charge in [-0.1, -0.05) is 11.3 Å². The van der Waals surface area contributed by atoms with Crippen molar-refractivity contribution in [3.63, 3.8) is 0 Å². The van der Waals surface area contributed by atoms with E-state index in [0.29, 0.717) is 4.88 Å². The maximum Gasteiger partial charge on any atom is 0.361 e. The molecule has 2 rings (SSSR count). The van der Waals surface area contributed by atoms with Crippen molar-refractivity contribution < 1.29 is 18.3 Å². The second-order valence-corrected chi connectivity index (χ2v) is 4.51. The molecule has 5 nitrogen and oxygen atoms in total. The zero-order valence-corrected chi connectivity index (χ0v) is 10.9. The van der Waals surface area contributed by atoms with Crippen LogP contribution >= 0.6 is 11.3 Å². The lowest BCUT2D eigenvalue weighted by molar-refractivity contribution is 0.0520. The first-order valence-electron chi connectivity index (χ1n) is 5.56. The topological polar surface area (TPSA) is 57.0 Å². The Morgan fingerprint density at radius 3 is 2.95 bits per heavy atom. The third-order valence-electron chi connectivity index (χ3n) is 2.27. The number of esters is 1. The van der Waals surface area contributed by atoms with Gasteiger partial charge >= 0.3 is 5.97 Å². The molecule has 19 heavy (non-hydrogen) atoms. The monoisotopic (exact) mass is 287 g/mol. The maximum atomic E-state index is 12.5. The van der Waals surface area contributed by atoms with Gasteiger partial charge in [0, 0.05) is 0 Å². The number of carbonyl (C=O) groups excluding carboxylic acids is 1. The highest BCUT2D eigenvalue weighted by Crippen LogP contribution is 2.27. The van der Waals surface area contributed by atoms with E-state index in [9.17, 15) is 13.6 Å². The fourth-order valence-electron chi connectivity index (χ4n) is 1.57. The second-order valence-electron chi connectivity index (χ2n) is 3.56. The molecule has 0 N–H and O–H groups in total. The normalized spacial score (nSPS) is 10.9. The Hall–Kier alpha value is -1.83. The van der Waals surface area contributed by atoms with Crippen LogP contribution in [0.2, 0.25) is 0 Å². The van der Waals surface area contributed by atoms with Crippen molar-refractivity contribution in [3.05, 3.63) is 23.2 Å². The first-order valence-corrected chi connectivity index (χ1v) is 6.44. The largest absolute Gasteiger partial charge is 0.461 e. The summed E-state index contributed by atoms with van der Waals surface area (Å²) in [4.78, 5) is 12.4. The molecule has 0 spiro atoms. The first-order chi connectivity index (χ1) is 9.13. The van der Waals surface area contributed by atoms with Crippen LogP contribution in [-0.4, -0.2) is 34.0 Å². The minimum atomic E-state index is -2.57. The summed E-state index contributed by atoms with van der Waals surface area (Å²) in [7, 11) is 0. The van der Waals surface area contributed by atoms with Crippen LogP contribution in [0.3, 0.4) is 0 Å². The average molecular weight is 287 g/mol. The second kappa shape index (κ2) is 5.87. The molecule has 0 bridgehead atoms. The highest BCUT2D eigenvalue weighted by atomic mass is 32.1. The molecule has 0 radical (unpaired) electrons. The molecular formula is C11H11F2N3O2S. The van der Waals surface area contributed by atoms with E-state index in [1.807, 2.05) is 0 Å². The Morgan fingerprint density at radius 1 is 1.58 bits per heavy atom. The van der Waals surface area contributed by atoms with Crippen LogP contribution in [0.15, 0.2) is 17.5 Å². The van der Waals surface area contributed by atoms with Crippen molar-refractivity contribution in [2.45, 2.75) is 19.9 Å². The molecule has 0 saturated heterocycles. The smallest absolute Gasteiger partial charge is 0.361 e. The maximum absolute atomic E-state index is 12.5. The van der Waals surface area contributed by atoms with E-state index >= 15 is 0 Å². The number of halogens is 2. The molecule has 2 aromatic heterocycles. The van der Waals surface area contributed by atoms with Gasteiger partial charge in [0.25, 0.3) is 6.43 Å². The fourth-order valence-corrected chi connectivity index (χ4v) is 2.34. The molecule has 0 unspecified atom stereocenters. The van der Waals surface area contributed by atoms with Crippen LogP contribution in [0.4, 0.5) is 8.78 Å². The van der Waals surface area contributed by atoms with Crippen molar-refractivity contribution in [2.75, 3.05) is 6.61 Å². The Morgan fingerprint density at radius 2 is 2.37 bits per heavy atom. The molecule has 0 aliphatic rings. The van der Waals surface area contributed by atoms with Gasteiger partial charge in [0.2, 0.25) is 0 Å². The molecule has 0 aliphatic heterocycles. The summed E-state index contributed by atoms with van der Waals surface area (Å²) in [5, 5.41) is 9.05. The van der Waals surface area contributed by atoms with Gasteiger partial charge in [0.15, 0.2) is 5.69 Å². The Balaban J connectivity index is 2.44. The van der Waals surface area contributed by atoms with Crippen molar-refractivity contribution in [2.24, 2.45) is 0 Å². The molecule has 0 amide bonds. The summed E-state index contributed by atoms with van der Waals surface area (Å²) in [5.41, 5.74) is 0.235. The third kappa shape index (κ3) is 2.95. The van der Waals surface area contributed by atoms with Crippen LogP contribution < -0.4 is 0 Å². The summed E-state index contributed by atoms with van der Waals surface area (Å²) in [6.07, 6.45) is -2.57. The van der Waals surface area contributed by atoms with Crippen LogP contribution in [0, 0.1) is 0 Å². The number of nitrogens with zero attached hydrogens (tertiary/aromatic N) is 3. The number of carbonyl (C=O) groups is 1. The fraction of sp³-hybridized carbons (Fsp3) is 0.364. The van der Waals surface area contributed by atoms with Gasteiger partial charge in [-0.3, -0.25) is 0 Å². The van der Waals surface area contributed by atoms with E-state index in [2.05, 4.69) is 10.3 Å². The molecule has 8 heteroatoms. The van der Waals surface area contributed by atoms with E-state index in [1.165, 1.54) is 11.3 Å². The van der Waals surface area contributed by atoms with Crippen LogP contribution in [-0.2, 0) is 11.3 Å². The van der Waals surface area contributed by atoms with Gasteiger partial charge in [-0.05, 0) is 18.4 Å². The molecule has 0 fully saturated rings. The number of thiophene rings is 1. The number of hydrogen-bond acceptors (Lipinski definition) is 5. The van der Waals surface area contributed by atoms with Crippen molar-refractivity contribution in [1.82, 2.24) is 15.0 Å². The Kier molecular flexibility index (Phi) is 4.20. The van der Waals surface area contributed by atoms with Crippen molar-refractivity contribution in [3.8, 4) is 10.6 Å². The molecule has 0 saturated carbocycles. The van der Waals surface area contributed by atoms with E-state index < -0.39 is 18.9 Å². The van der Waals surface area contributed by atoms with E-state index in [0.717, 1.165) is 4.68 Å². The number of hydrogen-bond donors (Lipinski definition) is 0. The lowest BCUT2D eigenvalue weighted by atomic mass is 10.2. The van der Waals surface area contributed by atoms with Gasteiger partial charge in [0.05, 0.1) is 11.5 Å². The third-order valence-corrected chi connectivity index (χ3v) is 3.15. The molecule has 2 aromatic rings. The zero-order chi connectivity index (χ0) is 13.8. The van der Waals surface area contributed by atoms with Crippen LogP contribution in [0.5, 0.6) is 0 Å². The zero-order valence-electron chi connectivity index (χ0n) is 10.0. The van der Waals surface area contributed by atoms with Gasteiger partial charge < -0.3 is 4.74 Å². The number of alkyl halides is 2.